The maximum atomic E-state index is 3.90. The van der Waals surface area contributed by atoms with E-state index in [0.29, 0.717) is 0 Å². The standard InChI is InChI=1S/C13H26N2S/c1-3-11(10-16-2)14-12-7-9-15-8-5-4-6-13(12)15/h11-14H,3-10H2,1-2H3. The van der Waals surface area contributed by atoms with Crippen LogP contribution in [-0.4, -0.2) is 48.1 Å². The zero-order valence-electron chi connectivity index (χ0n) is 10.7. The second-order valence-electron chi connectivity index (χ2n) is 5.22. The van der Waals surface area contributed by atoms with Gasteiger partial charge in [0.1, 0.15) is 0 Å². The normalized spacial score (nSPS) is 32.6. The van der Waals surface area contributed by atoms with Gasteiger partial charge in [0, 0.05) is 30.4 Å². The van der Waals surface area contributed by atoms with Crippen LogP contribution in [0.25, 0.3) is 0 Å². The second kappa shape index (κ2) is 6.27. The van der Waals surface area contributed by atoms with Crippen LogP contribution in [-0.2, 0) is 0 Å². The zero-order chi connectivity index (χ0) is 11.4. The number of hydrogen-bond acceptors (Lipinski definition) is 3. The first kappa shape index (κ1) is 12.7. The Balaban J connectivity index is 1.84. The van der Waals surface area contributed by atoms with E-state index in [9.17, 15) is 0 Å². The highest BCUT2D eigenvalue weighted by atomic mass is 32.2. The molecule has 3 atom stereocenters. The Morgan fingerprint density at radius 2 is 2.19 bits per heavy atom. The molecule has 94 valence electrons. The summed E-state index contributed by atoms with van der Waals surface area (Å²) in [6.07, 6.45) is 9.14. The summed E-state index contributed by atoms with van der Waals surface area (Å²) >= 11 is 1.97. The summed E-state index contributed by atoms with van der Waals surface area (Å²) in [5.41, 5.74) is 0. The van der Waals surface area contributed by atoms with Gasteiger partial charge in [0.25, 0.3) is 0 Å². The molecule has 0 saturated carbocycles. The second-order valence-corrected chi connectivity index (χ2v) is 6.13. The van der Waals surface area contributed by atoms with Gasteiger partial charge >= 0.3 is 0 Å². The van der Waals surface area contributed by atoms with Gasteiger partial charge in [-0.25, -0.2) is 0 Å². The fourth-order valence-corrected chi connectivity index (χ4v) is 3.96. The Morgan fingerprint density at radius 1 is 1.31 bits per heavy atom. The van der Waals surface area contributed by atoms with Crippen LogP contribution in [0.2, 0.25) is 0 Å². The van der Waals surface area contributed by atoms with E-state index in [1.165, 1.54) is 50.9 Å². The van der Waals surface area contributed by atoms with Gasteiger partial charge in [0.2, 0.25) is 0 Å². The average Bonchev–Trinajstić information content (AvgIpc) is 2.72. The Morgan fingerprint density at radius 3 is 2.94 bits per heavy atom. The number of nitrogens with one attached hydrogen (secondary N) is 1. The van der Waals surface area contributed by atoms with Crippen molar-refractivity contribution in [2.75, 3.05) is 25.1 Å². The number of piperidine rings is 1. The molecule has 0 radical (unpaired) electrons. The molecule has 2 heterocycles. The molecule has 0 aromatic heterocycles. The third-order valence-corrected chi connectivity index (χ3v) is 4.90. The molecule has 2 saturated heterocycles. The Hall–Kier alpha value is 0.270. The molecule has 0 bridgehead atoms. The van der Waals surface area contributed by atoms with Gasteiger partial charge in [0.05, 0.1) is 0 Å². The molecular weight excluding hydrogens is 216 g/mol. The number of hydrogen-bond donors (Lipinski definition) is 1. The fourth-order valence-electron chi connectivity index (χ4n) is 3.23. The summed E-state index contributed by atoms with van der Waals surface area (Å²) in [7, 11) is 0. The Labute approximate surface area is 105 Å². The molecule has 0 aliphatic carbocycles. The van der Waals surface area contributed by atoms with Gasteiger partial charge in [-0.3, -0.25) is 4.90 Å². The lowest BCUT2D eigenvalue weighted by molar-refractivity contribution is 0.177. The van der Waals surface area contributed by atoms with Gasteiger partial charge in [-0.2, -0.15) is 11.8 Å². The van der Waals surface area contributed by atoms with E-state index in [2.05, 4.69) is 23.4 Å². The molecule has 2 aliphatic heterocycles. The van der Waals surface area contributed by atoms with E-state index < -0.39 is 0 Å². The van der Waals surface area contributed by atoms with E-state index in [4.69, 9.17) is 0 Å². The molecule has 2 aliphatic rings. The summed E-state index contributed by atoms with van der Waals surface area (Å²) in [6.45, 7) is 4.99. The monoisotopic (exact) mass is 242 g/mol. The summed E-state index contributed by atoms with van der Waals surface area (Å²) in [6, 6.07) is 2.35. The minimum atomic E-state index is 0.724. The van der Waals surface area contributed by atoms with Gasteiger partial charge in [-0.05, 0) is 38.5 Å². The van der Waals surface area contributed by atoms with Crippen LogP contribution in [0.3, 0.4) is 0 Å². The highest BCUT2D eigenvalue weighted by molar-refractivity contribution is 7.98. The molecular formula is C13H26N2S. The van der Waals surface area contributed by atoms with E-state index in [1.807, 2.05) is 11.8 Å². The zero-order valence-corrected chi connectivity index (χ0v) is 11.6. The van der Waals surface area contributed by atoms with Crippen molar-refractivity contribution in [3.8, 4) is 0 Å². The Bertz CT molecular complexity index is 210. The quantitative estimate of drug-likeness (QED) is 0.797. The molecule has 2 rings (SSSR count). The number of thioether (sulfide) groups is 1. The van der Waals surface area contributed by atoms with E-state index in [-0.39, 0.29) is 0 Å². The predicted molar refractivity (Wildman–Crippen MR) is 73.2 cm³/mol. The summed E-state index contributed by atoms with van der Waals surface area (Å²) in [4.78, 5) is 2.72. The molecule has 0 amide bonds. The SMILES string of the molecule is CCC(CSC)NC1CCN2CCCCC12. The summed E-state index contributed by atoms with van der Waals surface area (Å²) in [5, 5.41) is 3.90. The van der Waals surface area contributed by atoms with Crippen molar-refractivity contribution >= 4 is 11.8 Å². The average molecular weight is 242 g/mol. The van der Waals surface area contributed by atoms with Gasteiger partial charge in [-0.15, -0.1) is 0 Å². The van der Waals surface area contributed by atoms with Crippen molar-refractivity contribution in [2.45, 2.75) is 57.2 Å². The summed E-state index contributed by atoms with van der Waals surface area (Å²) < 4.78 is 0. The van der Waals surface area contributed by atoms with Gasteiger partial charge in [0.15, 0.2) is 0 Å². The number of nitrogens with zero attached hydrogens (tertiary/aromatic N) is 1. The smallest absolute Gasteiger partial charge is 0.0249 e. The lowest BCUT2D eigenvalue weighted by atomic mass is 9.98. The topological polar surface area (TPSA) is 15.3 Å². The molecule has 0 aromatic rings. The molecule has 2 nitrogen and oxygen atoms in total. The fraction of sp³-hybridized carbons (Fsp3) is 1.00. The first-order valence-electron chi connectivity index (χ1n) is 6.84. The van der Waals surface area contributed by atoms with Crippen LogP contribution in [0.1, 0.15) is 39.0 Å². The molecule has 1 N–H and O–H groups in total. The van der Waals surface area contributed by atoms with E-state index in [0.717, 1.165) is 18.1 Å². The highest BCUT2D eigenvalue weighted by Crippen LogP contribution is 2.27. The molecule has 3 unspecified atom stereocenters. The van der Waals surface area contributed by atoms with Crippen molar-refractivity contribution in [1.29, 1.82) is 0 Å². The number of fused-ring (bicyclic) bond motifs is 1. The first-order chi connectivity index (χ1) is 7.85. The molecule has 0 spiro atoms. The molecule has 3 heteroatoms. The van der Waals surface area contributed by atoms with E-state index in [1.54, 1.807) is 0 Å². The predicted octanol–water partition coefficient (Wildman–Crippen LogP) is 2.34. The lowest BCUT2D eigenvalue weighted by Crippen LogP contribution is -2.48. The van der Waals surface area contributed by atoms with Crippen molar-refractivity contribution in [3.05, 3.63) is 0 Å². The molecule has 16 heavy (non-hydrogen) atoms. The maximum Gasteiger partial charge on any atom is 0.0249 e. The van der Waals surface area contributed by atoms with Crippen molar-refractivity contribution in [3.63, 3.8) is 0 Å². The molecule has 2 fully saturated rings. The van der Waals surface area contributed by atoms with Crippen LogP contribution in [0.15, 0.2) is 0 Å². The van der Waals surface area contributed by atoms with Gasteiger partial charge < -0.3 is 5.32 Å². The highest BCUT2D eigenvalue weighted by Gasteiger charge is 2.35. The number of rotatable bonds is 5. The largest absolute Gasteiger partial charge is 0.309 e. The van der Waals surface area contributed by atoms with Crippen LogP contribution < -0.4 is 5.32 Å². The van der Waals surface area contributed by atoms with Crippen molar-refractivity contribution in [2.24, 2.45) is 0 Å². The Kier molecular flexibility index (Phi) is 4.98. The third-order valence-electron chi connectivity index (χ3n) is 4.17. The first-order valence-corrected chi connectivity index (χ1v) is 8.23. The van der Waals surface area contributed by atoms with E-state index >= 15 is 0 Å². The lowest BCUT2D eigenvalue weighted by Gasteiger charge is -2.34. The minimum Gasteiger partial charge on any atom is -0.309 e. The van der Waals surface area contributed by atoms with Crippen LogP contribution in [0.5, 0.6) is 0 Å². The van der Waals surface area contributed by atoms with Crippen LogP contribution in [0.4, 0.5) is 0 Å². The summed E-state index contributed by atoms with van der Waals surface area (Å²) in [5.74, 6) is 1.26. The van der Waals surface area contributed by atoms with Crippen molar-refractivity contribution < 1.29 is 0 Å². The minimum absolute atomic E-state index is 0.724. The van der Waals surface area contributed by atoms with Crippen LogP contribution >= 0.6 is 11.8 Å². The van der Waals surface area contributed by atoms with Crippen molar-refractivity contribution in [1.82, 2.24) is 10.2 Å². The molecule has 0 aromatic carbocycles. The maximum absolute atomic E-state index is 3.90. The van der Waals surface area contributed by atoms with Gasteiger partial charge in [-0.1, -0.05) is 13.3 Å². The third kappa shape index (κ3) is 2.93. The van der Waals surface area contributed by atoms with Crippen LogP contribution in [0, 0.1) is 0 Å².